The molecule has 2 aromatic carbocycles. The van der Waals surface area contributed by atoms with Crippen LogP contribution in [0.15, 0.2) is 59.9 Å². The van der Waals surface area contributed by atoms with Gasteiger partial charge in [0.15, 0.2) is 0 Å². The van der Waals surface area contributed by atoms with E-state index in [-0.39, 0.29) is 23.6 Å². The maximum atomic E-state index is 13.4. The Labute approximate surface area is 209 Å². The molecule has 4 aromatic rings. The molecule has 1 saturated carbocycles. The van der Waals surface area contributed by atoms with Crippen LogP contribution in [-0.4, -0.2) is 44.4 Å². The van der Waals surface area contributed by atoms with E-state index in [1.807, 2.05) is 38.5 Å². The van der Waals surface area contributed by atoms with E-state index in [9.17, 15) is 9.59 Å². The van der Waals surface area contributed by atoms with Crippen molar-refractivity contribution in [2.45, 2.75) is 38.8 Å². The Kier molecular flexibility index (Phi) is 6.56. The zero-order valence-corrected chi connectivity index (χ0v) is 20.7. The largest absolute Gasteiger partial charge is 0.492 e. The topological polar surface area (TPSA) is 103 Å². The van der Waals surface area contributed by atoms with Crippen LogP contribution in [0.2, 0.25) is 0 Å². The maximum absolute atomic E-state index is 13.4. The Hall–Kier alpha value is -3.98. The average Bonchev–Trinajstić information content (AvgIpc) is 3.58. The van der Waals surface area contributed by atoms with E-state index in [4.69, 9.17) is 4.74 Å². The lowest BCUT2D eigenvalue weighted by Crippen LogP contribution is -2.26. The Balaban J connectivity index is 1.32. The molecule has 0 radical (unpaired) electrons. The standard InChI is InChI=1S/C27H30N6O3/c1-17-4-5-19(26(34)31-21-6-7-21)12-25(17)33-16-29-24-9-8-22(13-23(24)27(33)35)36-11-10-28-18(2)20-14-30-32(3)15-20/h4-5,8-9,12-16,18,21,28H,6-7,10-11H2,1-3H3,(H,31,34). The van der Waals surface area contributed by atoms with Crippen LogP contribution in [0.3, 0.4) is 0 Å². The zero-order chi connectivity index (χ0) is 25.2. The average molecular weight is 487 g/mol. The van der Waals surface area contributed by atoms with Gasteiger partial charge in [0.1, 0.15) is 18.7 Å². The number of carbonyl (C=O) groups is 1. The molecule has 1 aliphatic rings. The van der Waals surface area contributed by atoms with E-state index in [0.29, 0.717) is 41.1 Å². The number of hydrogen-bond donors (Lipinski definition) is 2. The molecular formula is C27H30N6O3. The van der Waals surface area contributed by atoms with Crippen molar-refractivity contribution in [3.8, 4) is 11.4 Å². The van der Waals surface area contributed by atoms with E-state index in [0.717, 1.165) is 24.0 Å². The summed E-state index contributed by atoms with van der Waals surface area (Å²) >= 11 is 0. The van der Waals surface area contributed by atoms with Crippen molar-refractivity contribution in [3.63, 3.8) is 0 Å². The van der Waals surface area contributed by atoms with Crippen molar-refractivity contribution in [3.05, 3.63) is 82.2 Å². The first-order valence-corrected chi connectivity index (χ1v) is 12.2. The Bertz CT molecular complexity index is 1470. The lowest BCUT2D eigenvalue weighted by molar-refractivity contribution is 0.0951. The summed E-state index contributed by atoms with van der Waals surface area (Å²) in [5.41, 5.74) is 3.53. The molecule has 186 valence electrons. The van der Waals surface area contributed by atoms with E-state index >= 15 is 0 Å². The molecule has 1 amide bonds. The maximum Gasteiger partial charge on any atom is 0.265 e. The highest BCUT2D eigenvalue weighted by Crippen LogP contribution is 2.22. The van der Waals surface area contributed by atoms with E-state index in [1.54, 1.807) is 28.9 Å². The van der Waals surface area contributed by atoms with Gasteiger partial charge in [-0.3, -0.25) is 18.8 Å². The smallest absolute Gasteiger partial charge is 0.265 e. The number of rotatable bonds is 9. The molecule has 2 N–H and O–H groups in total. The van der Waals surface area contributed by atoms with Gasteiger partial charge in [-0.2, -0.15) is 5.10 Å². The fourth-order valence-electron chi connectivity index (χ4n) is 4.10. The summed E-state index contributed by atoms with van der Waals surface area (Å²) in [7, 11) is 1.89. The molecule has 0 bridgehead atoms. The highest BCUT2D eigenvalue weighted by molar-refractivity contribution is 5.95. The van der Waals surface area contributed by atoms with Gasteiger partial charge >= 0.3 is 0 Å². The number of fused-ring (bicyclic) bond motifs is 1. The number of nitrogens with zero attached hydrogens (tertiary/aromatic N) is 4. The zero-order valence-electron chi connectivity index (χ0n) is 20.7. The van der Waals surface area contributed by atoms with Crippen LogP contribution in [0.25, 0.3) is 16.6 Å². The molecular weight excluding hydrogens is 456 g/mol. The van der Waals surface area contributed by atoms with Gasteiger partial charge in [-0.15, -0.1) is 0 Å². The molecule has 1 unspecified atom stereocenters. The van der Waals surface area contributed by atoms with Crippen LogP contribution in [0.5, 0.6) is 5.75 Å². The Morgan fingerprint density at radius 3 is 2.81 bits per heavy atom. The molecule has 9 nitrogen and oxygen atoms in total. The monoisotopic (exact) mass is 486 g/mol. The fourth-order valence-corrected chi connectivity index (χ4v) is 4.10. The molecule has 5 rings (SSSR count). The van der Waals surface area contributed by atoms with Crippen LogP contribution < -0.4 is 20.9 Å². The summed E-state index contributed by atoms with van der Waals surface area (Å²) in [6.07, 6.45) is 7.37. The third kappa shape index (κ3) is 5.16. The number of amides is 1. The fraction of sp³-hybridized carbons (Fsp3) is 0.333. The summed E-state index contributed by atoms with van der Waals surface area (Å²) in [5, 5.41) is 11.1. The second kappa shape index (κ2) is 9.94. The minimum atomic E-state index is -0.211. The predicted octanol–water partition coefficient (Wildman–Crippen LogP) is 3.05. The summed E-state index contributed by atoms with van der Waals surface area (Å²) < 4.78 is 9.18. The van der Waals surface area contributed by atoms with Crippen LogP contribution in [0.1, 0.15) is 47.3 Å². The Morgan fingerprint density at radius 2 is 2.06 bits per heavy atom. The third-order valence-electron chi connectivity index (χ3n) is 6.42. The van der Waals surface area contributed by atoms with E-state index < -0.39 is 0 Å². The molecule has 2 aromatic heterocycles. The van der Waals surface area contributed by atoms with E-state index in [2.05, 4.69) is 27.6 Å². The third-order valence-corrected chi connectivity index (χ3v) is 6.42. The van der Waals surface area contributed by atoms with Gasteiger partial charge in [0, 0.05) is 43.0 Å². The number of benzene rings is 2. The van der Waals surface area contributed by atoms with Crippen molar-refractivity contribution in [1.82, 2.24) is 30.0 Å². The van der Waals surface area contributed by atoms with Gasteiger partial charge in [0.2, 0.25) is 0 Å². The van der Waals surface area contributed by atoms with Gasteiger partial charge in [-0.1, -0.05) is 6.07 Å². The van der Waals surface area contributed by atoms with Gasteiger partial charge in [-0.05, 0) is 62.6 Å². The molecule has 2 heterocycles. The van der Waals surface area contributed by atoms with Crippen LogP contribution >= 0.6 is 0 Å². The highest BCUT2D eigenvalue weighted by atomic mass is 16.5. The van der Waals surface area contributed by atoms with Crippen molar-refractivity contribution < 1.29 is 9.53 Å². The SMILES string of the molecule is Cc1ccc(C(=O)NC2CC2)cc1-n1cnc2ccc(OCCNC(C)c3cnn(C)c3)cc2c1=O. The summed E-state index contributed by atoms with van der Waals surface area (Å²) in [6.45, 7) is 5.07. The second-order valence-corrected chi connectivity index (χ2v) is 9.32. The number of ether oxygens (including phenoxy) is 1. The lowest BCUT2D eigenvalue weighted by atomic mass is 10.1. The number of nitrogens with one attached hydrogen (secondary N) is 2. The minimum Gasteiger partial charge on any atom is -0.492 e. The first-order chi connectivity index (χ1) is 17.4. The molecule has 0 saturated heterocycles. The van der Waals surface area contributed by atoms with Gasteiger partial charge in [0.05, 0.1) is 22.8 Å². The lowest BCUT2D eigenvalue weighted by Gasteiger charge is -2.14. The predicted molar refractivity (Wildman–Crippen MR) is 138 cm³/mol. The first-order valence-electron chi connectivity index (χ1n) is 12.2. The van der Waals surface area contributed by atoms with Crippen molar-refractivity contribution in [1.29, 1.82) is 0 Å². The van der Waals surface area contributed by atoms with Crippen LogP contribution in [0, 0.1) is 6.92 Å². The number of carbonyl (C=O) groups excluding carboxylic acids is 1. The summed E-state index contributed by atoms with van der Waals surface area (Å²) in [4.78, 5) is 30.4. The van der Waals surface area contributed by atoms with Crippen LogP contribution in [-0.2, 0) is 7.05 Å². The second-order valence-electron chi connectivity index (χ2n) is 9.32. The van der Waals surface area contributed by atoms with Gasteiger partial charge in [0.25, 0.3) is 11.5 Å². The summed E-state index contributed by atoms with van der Waals surface area (Å²) in [6, 6.07) is 11.1. The molecule has 1 aliphatic carbocycles. The molecule has 1 atom stereocenters. The van der Waals surface area contributed by atoms with Gasteiger partial charge < -0.3 is 15.4 Å². The normalized spacial score (nSPS) is 14.1. The molecule has 9 heteroatoms. The van der Waals surface area contributed by atoms with Crippen molar-refractivity contribution in [2.75, 3.05) is 13.2 Å². The van der Waals surface area contributed by atoms with Crippen LogP contribution in [0.4, 0.5) is 0 Å². The quantitative estimate of drug-likeness (QED) is 0.353. The molecule has 0 aliphatic heterocycles. The number of aryl methyl sites for hydroxylation is 2. The molecule has 1 fully saturated rings. The number of aromatic nitrogens is 4. The number of hydrogen-bond acceptors (Lipinski definition) is 6. The first kappa shape index (κ1) is 23.7. The van der Waals surface area contributed by atoms with E-state index in [1.165, 1.54) is 10.9 Å². The molecule has 0 spiro atoms. The van der Waals surface area contributed by atoms with Crippen molar-refractivity contribution >= 4 is 16.8 Å². The minimum absolute atomic E-state index is 0.123. The van der Waals surface area contributed by atoms with Gasteiger partial charge in [-0.25, -0.2) is 4.98 Å². The van der Waals surface area contributed by atoms with Crippen molar-refractivity contribution in [2.24, 2.45) is 7.05 Å². The molecule has 36 heavy (non-hydrogen) atoms. The summed E-state index contributed by atoms with van der Waals surface area (Å²) in [5.74, 6) is 0.479. The Morgan fingerprint density at radius 1 is 1.22 bits per heavy atom. The highest BCUT2D eigenvalue weighted by Gasteiger charge is 2.24.